The summed E-state index contributed by atoms with van der Waals surface area (Å²) in [6.45, 7) is 1.72. The molecule has 88 valence electrons. The first-order valence-electron chi connectivity index (χ1n) is 4.15. The maximum absolute atomic E-state index is 10.1. The van der Waals surface area contributed by atoms with Crippen molar-refractivity contribution in [1.29, 1.82) is 0 Å². The first-order valence-corrected chi connectivity index (χ1v) is 4.15. The summed E-state index contributed by atoms with van der Waals surface area (Å²) in [5, 5.41) is 23.5. The zero-order valence-electron chi connectivity index (χ0n) is 8.40. The summed E-state index contributed by atoms with van der Waals surface area (Å²) in [6.07, 6.45) is 1.45. The summed E-state index contributed by atoms with van der Waals surface area (Å²) in [5.41, 5.74) is 0. The highest BCUT2D eigenvalue weighted by atomic mass is 16.5. The zero-order chi connectivity index (χ0) is 10.5. The minimum absolute atomic E-state index is 0. The van der Waals surface area contributed by atoms with Crippen LogP contribution in [0.15, 0.2) is 0 Å². The standard InChI is InChI=1S/C6H12O3.C2H6O2.H2O/c1-6(8)9-5-3-2-4-7;3-1-2-4;/h7H,2-5H2,1H3;3-4H,1-2H2;1H2. The van der Waals surface area contributed by atoms with E-state index in [0.717, 1.165) is 6.42 Å². The van der Waals surface area contributed by atoms with Crippen molar-refractivity contribution in [2.24, 2.45) is 0 Å². The summed E-state index contributed by atoms with van der Waals surface area (Å²) in [4.78, 5) is 10.1. The molecule has 0 radical (unpaired) electrons. The van der Waals surface area contributed by atoms with E-state index in [1.54, 1.807) is 0 Å². The Morgan fingerprint density at radius 2 is 1.57 bits per heavy atom. The molecule has 0 aromatic rings. The highest BCUT2D eigenvalue weighted by Crippen LogP contribution is 1.87. The topological polar surface area (TPSA) is 118 Å². The molecule has 5 N–H and O–H groups in total. The van der Waals surface area contributed by atoms with Gasteiger partial charge < -0.3 is 25.5 Å². The van der Waals surface area contributed by atoms with E-state index in [4.69, 9.17) is 15.3 Å². The number of aliphatic hydroxyl groups excluding tert-OH is 3. The summed E-state index contributed by atoms with van der Waals surface area (Å²) >= 11 is 0. The lowest BCUT2D eigenvalue weighted by molar-refractivity contribution is -0.141. The summed E-state index contributed by atoms with van der Waals surface area (Å²) in [6, 6.07) is 0. The Morgan fingerprint density at radius 1 is 1.07 bits per heavy atom. The maximum atomic E-state index is 10.1. The molecule has 0 aliphatic rings. The highest BCUT2D eigenvalue weighted by molar-refractivity contribution is 5.65. The lowest BCUT2D eigenvalue weighted by Gasteiger charge is -1.97. The predicted molar refractivity (Wildman–Crippen MR) is 50.7 cm³/mol. The monoisotopic (exact) mass is 212 g/mol. The van der Waals surface area contributed by atoms with Gasteiger partial charge in [-0.1, -0.05) is 0 Å². The van der Waals surface area contributed by atoms with Crippen molar-refractivity contribution < 1.29 is 30.3 Å². The van der Waals surface area contributed by atoms with Crippen molar-refractivity contribution in [2.45, 2.75) is 19.8 Å². The fourth-order valence-corrected chi connectivity index (χ4v) is 0.430. The van der Waals surface area contributed by atoms with E-state index < -0.39 is 0 Å². The van der Waals surface area contributed by atoms with Crippen LogP contribution in [0, 0.1) is 0 Å². The molecule has 0 amide bonds. The van der Waals surface area contributed by atoms with Gasteiger partial charge in [0.15, 0.2) is 0 Å². The van der Waals surface area contributed by atoms with Gasteiger partial charge in [0, 0.05) is 13.5 Å². The van der Waals surface area contributed by atoms with Crippen molar-refractivity contribution in [3.05, 3.63) is 0 Å². The lowest BCUT2D eigenvalue weighted by Crippen LogP contribution is -2.00. The number of carbonyl (C=O) groups is 1. The van der Waals surface area contributed by atoms with E-state index in [1.165, 1.54) is 6.92 Å². The molecule has 0 aliphatic carbocycles. The molecule has 0 saturated carbocycles. The van der Waals surface area contributed by atoms with Gasteiger partial charge in [-0.25, -0.2) is 0 Å². The molecule has 14 heavy (non-hydrogen) atoms. The number of hydrogen-bond donors (Lipinski definition) is 3. The molecule has 0 aromatic heterocycles. The molecular weight excluding hydrogens is 192 g/mol. The van der Waals surface area contributed by atoms with Gasteiger partial charge in [-0.2, -0.15) is 0 Å². The van der Waals surface area contributed by atoms with Crippen LogP contribution in [-0.2, 0) is 9.53 Å². The molecule has 0 fully saturated rings. The van der Waals surface area contributed by atoms with Crippen molar-refractivity contribution in [1.82, 2.24) is 0 Å². The zero-order valence-corrected chi connectivity index (χ0v) is 8.40. The molecule has 0 unspecified atom stereocenters. The Hall–Kier alpha value is -0.690. The summed E-state index contributed by atoms with van der Waals surface area (Å²) < 4.78 is 4.59. The van der Waals surface area contributed by atoms with E-state index in [0.29, 0.717) is 13.0 Å². The van der Waals surface area contributed by atoms with Crippen LogP contribution < -0.4 is 0 Å². The number of unbranched alkanes of at least 4 members (excludes halogenated alkanes) is 1. The second-order valence-electron chi connectivity index (χ2n) is 2.22. The van der Waals surface area contributed by atoms with Crippen molar-refractivity contribution in [2.75, 3.05) is 26.4 Å². The Balaban J connectivity index is -0.000000209. The van der Waals surface area contributed by atoms with Gasteiger partial charge in [0.25, 0.3) is 0 Å². The number of hydrogen-bond acceptors (Lipinski definition) is 5. The van der Waals surface area contributed by atoms with Crippen LogP contribution in [0.1, 0.15) is 19.8 Å². The molecule has 0 heterocycles. The molecule has 0 bridgehead atoms. The first-order chi connectivity index (χ1) is 6.18. The third kappa shape index (κ3) is 30.2. The van der Waals surface area contributed by atoms with Crippen LogP contribution in [0.4, 0.5) is 0 Å². The molecule has 0 atom stereocenters. The number of ether oxygens (including phenoxy) is 1. The average Bonchev–Trinajstić information content (AvgIpc) is 2.13. The first kappa shape index (κ1) is 19.0. The van der Waals surface area contributed by atoms with Crippen molar-refractivity contribution >= 4 is 5.97 Å². The van der Waals surface area contributed by atoms with Crippen LogP contribution in [0.2, 0.25) is 0 Å². The minimum atomic E-state index is -0.257. The maximum Gasteiger partial charge on any atom is 0.302 e. The average molecular weight is 212 g/mol. The molecule has 0 saturated heterocycles. The van der Waals surface area contributed by atoms with Gasteiger partial charge in [-0.05, 0) is 12.8 Å². The van der Waals surface area contributed by atoms with Gasteiger partial charge in [-0.3, -0.25) is 4.79 Å². The van der Waals surface area contributed by atoms with Crippen LogP contribution >= 0.6 is 0 Å². The Morgan fingerprint density at radius 3 is 1.86 bits per heavy atom. The van der Waals surface area contributed by atoms with Gasteiger partial charge in [0.2, 0.25) is 0 Å². The van der Waals surface area contributed by atoms with Crippen molar-refractivity contribution in [3.8, 4) is 0 Å². The van der Waals surface area contributed by atoms with E-state index >= 15 is 0 Å². The van der Waals surface area contributed by atoms with Crippen LogP contribution in [0.5, 0.6) is 0 Å². The fraction of sp³-hybridized carbons (Fsp3) is 0.875. The smallest absolute Gasteiger partial charge is 0.302 e. The predicted octanol–water partition coefficient (Wildman–Crippen LogP) is -1.53. The second-order valence-corrected chi connectivity index (χ2v) is 2.22. The molecule has 0 rings (SSSR count). The molecule has 0 aliphatic heterocycles. The van der Waals surface area contributed by atoms with Gasteiger partial charge in [-0.15, -0.1) is 0 Å². The minimum Gasteiger partial charge on any atom is -0.466 e. The van der Waals surface area contributed by atoms with Crippen LogP contribution in [0.3, 0.4) is 0 Å². The molecular formula is C8H20O6. The summed E-state index contributed by atoms with van der Waals surface area (Å²) in [5.74, 6) is -0.257. The molecule has 6 heteroatoms. The number of esters is 1. The summed E-state index contributed by atoms with van der Waals surface area (Å²) in [7, 11) is 0. The number of carbonyl (C=O) groups excluding carboxylic acids is 1. The van der Waals surface area contributed by atoms with Crippen LogP contribution in [0.25, 0.3) is 0 Å². The quantitative estimate of drug-likeness (QED) is 0.377. The van der Waals surface area contributed by atoms with Gasteiger partial charge in [0.1, 0.15) is 0 Å². The highest BCUT2D eigenvalue weighted by Gasteiger charge is 1.90. The van der Waals surface area contributed by atoms with Gasteiger partial charge >= 0.3 is 5.97 Å². The van der Waals surface area contributed by atoms with E-state index in [2.05, 4.69) is 4.74 Å². The third-order valence-corrected chi connectivity index (χ3v) is 0.958. The normalized spacial score (nSPS) is 8.00. The van der Waals surface area contributed by atoms with Gasteiger partial charge in [0.05, 0.1) is 19.8 Å². The number of rotatable bonds is 5. The fourth-order valence-electron chi connectivity index (χ4n) is 0.430. The third-order valence-electron chi connectivity index (χ3n) is 0.958. The van der Waals surface area contributed by atoms with E-state index in [-0.39, 0.29) is 31.3 Å². The van der Waals surface area contributed by atoms with Crippen molar-refractivity contribution in [3.63, 3.8) is 0 Å². The SMILES string of the molecule is CC(=O)OCCCCO.O.OCCO. The molecule has 0 aromatic carbocycles. The number of aliphatic hydroxyl groups is 3. The Labute approximate surface area is 83.4 Å². The van der Waals surface area contributed by atoms with Crippen LogP contribution in [-0.4, -0.2) is 53.2 Å². The molecule has 6 nitrogen and oxygen atoms in total. The van der Waals surface area contributed by atoms with E-state index in [1.807, 2.05) is 0 Å². The van der Waals surface area contributed by atoms with E-state index in [9.17, 15) is 4.79 Å². The largest absolute Gasteiger partial charge is 0.466 e. The Bertz CT molecular complexity index is 104. The Kier molecular flexibility index (Phi) is 24.6. The lowest BCUT2D eigenvalue weighted by atomic mass is 10.3. The molecule has 0 spiro atoms. The second kappa shape index (κ2) is 18.2.